The van der Waals surface area contributed by atoms with Gasteiger partial charge in [-0.25, -0.2) is 4.68 Å². The summed E-state index contributed by atoms with van der Waals surface area (Å²) in [6.45, 7) is 3.86. The molecule has 1 saturated heterocycles. The molecule has 2 aliphatic rings. The zero-order chi connectivity index (χ0) is 15.7. The van der Waals surface area contributed by atoms with Gasteiger partial charge in [0.2, 0.25) is 5.95 Å². The smallest absolute Gasteiger partial charge is 0.316 e. The highest BCUT2D eigenvalue weighted by atomic mass is 32.2. The van der Waals surface area contributed by atoms with Crippen LogP contribution in [0.25, 0.3) is 0 Å². The van der Waals surface area contributed by atoms with Crippen molar-refractivity contribution in [1.29, 1.82) is 0 Å². The van der Waals surface area contributed by atoms with Crippen molar-refractivity contribution in [3.05, 3.63) is 6.33 Å². The summed E-state index contributed by atoms with van der Waals surface area (Å²) in [6.07, 6.45) is 3.33. The summed E-state index contributed by atoms with van der Waals surface area (Å²) in [5.41, 5.74) is 0. The highest BCUT2D eigenvalue weighted by Gasteiger charge is 2.38. The van der Waals surface area contributed by atoms with Gasteiger partial charge in [-0.15, -0.1) is 0 Å². The Balaban J connectivity index is 1.54. The molecule has 0 aromatic carbocycles. The standard InChI is InChI=1S/C14H21N5O2S/c1-8(2)19-14(15-7-16-19)18-13(21)12(20)17-11-3-9-5-22-6-10(9)4-11/h7-11H,3-6H2,1-2H3,(H,17,20)(H,15,16,18,21)/t9-,10-/m1/s1. The van der Waals surface area contributed by atoms with Crippen LogP contribution in [0.4, 0.5) is 5.95 Å². The highest BCUT2D eigenvalue weighted by Crippen LogP contribution is 2.41. The second-order valence-electron chi connectivity index (χ2n) is 6.28. The maximum Gasteiger partial charge on any atom is 0.316 e. The van der Waals surface area contributed by atoms with Crippen LogP contribution in [0.5, 0.6) is 0 Å². The largest absolute Gasteiger partial charge is 0.345 e. The van der Waals surface area contributed by atoms with Crippen LogP contribution >= 0.6 is 11.8 Å². The van der Waals surface area contributed by atoms with Gasteiger partial charge in [-0.3, -0.25) is 14.9 Å². The van der Waals surface area contributed by atoms with Crippen LogP contribution in [-0.4, -0.2) is 44.1 Å². The van der Waals surface area contributed by atoms with Crippen LogP contribution in [0, 0.1) is 11.8 Å². The lowest BCUT2D eigenvalue weighted by atomic mass is 10.0. The van der Waals surface area contributed by atoms with Gasteiger partial charge in [0.25, 0.3) is 0 Å². The molecule has 22 heavy (non-hydrogen) atoms. The van der Waals surface area contributed by atoms with Crippen LogP contribution in [0.15, 0.2) is 6.33 Å². The fourth-order valence-corrected chi connectivity index (χ4v) is 4.79. The molecule has 0 unspecified atom stereocenters. The van der Waals surface area contributed by atoms with Crippen LogP contribution in [0.1, 0.15) is 32.7 Å². The minimum absolute atomic E-state index is 0.0626. The van der Waals surface area contributed by atoms with E-state index in [-0.39, 0.29) is 12.1 Å². The lowest BCUT2D eigenvalue weighted by molar-refractivity contribution is -0.136. The summed E-state index contributed by atoms with van der Waals surface area (Å²) in [5.74, 6) is 2.79. The van der Waals surface area contributed by atoms with Crippen molar-refractivity contribution in [2.75, 3.05) is 16.8 Å². The topological polar surface area (TPSA) is 88.9 Å². The zero-order valence-electron chi connectivity index (χ0n) is 12.8. The number of fused-ring (bicyclic) bond motifs is 1. The fraction of sp³-hybridized carbons (Fsp3) is 0.714. The third kappa shape index (κ3) is 3.11. The normalized spacial score (nSPS) is 24.5. The first-order valence-electron chi connectivity index (χ1n) is 7.63. The average molecular weight is 323 g/mol. The van der Waals surface area contributed by atoms with Gasteiger partial charge in [-0.1, -0.05) is 0 Å². The number of nitrogens with one attached hydrogen (secondary N) is 2. The second-order valence-corrected chi connectivity index (χ2v) is 7.35. The Bertz CT molecular complexity index is 561. The third-order valence-electron chi connectivity index (χ3n) is 4.33. The minimum atomic E-state index is -0.679. The second kappa shape index (κ2) is 6.28. The first kappa shape index (κ1) is 15.3. The van der Waals surface area contributed by atoms with E-state index in [4.69, 9.17) is 0 Å². The minimum Gasteiger partial charge on any atom is -0.345 e. The van der Waals surface area contributed by atoms with Gasteiger partial charge in [-0.05, 0) is 50.0 Å². The maximum atomic E-state index is 12.0. The van der Waals surface area contributed by atoms with Crippen molar-refractivity contribution >= 4 is 29.5 Å². The van der Waals surface area contributed by atoms with E-state index in [1.54, 1.807) is 4.68 Å². The van der Waals surface area contributed by atoms with Crippen LogP contribution in [0.2, 0.25) is 0 Å². The Morgan fingerprint density at radius 1 is 1.27 bits per heavy atom. The number of aromatic nitrogens is 3. The van der Waals surface area contributed by atoms with Crippen molar-refractivity contribution < 1.29 is 9.59 Å². The lowest BCUT2D eigenvalue weighted by Gasteiger charge is -2.14. The molecule has 0 spiro atoms. The molecule has 2 heterocycles. The lowest BCUT2D eigenvalue weighted by Crippen LogP contribution is -2.41. The summed E-state index contributed by atoms with van der Waals surface area (Å²) < 4.78 is 1.57. The van der Waals surface area contributed by atoms with Gasteiger partial charge in [0, 0.05) is 6.04 Å². The van der Waals surface area contributed by atoms with Gasteiger partial charge >= 0.3 is 11.8 Å². The first-order chi connectivity index (χ1) is 10.5. The number of nitrogens with zero attached hydrogens (tertiary/aromatic N) is 3. The van der Waals surface area contributed by atoms with Gasteiger partial charge in [0.05, 0.1) is 6.04 Å². The van der Waals surface area contributed by atoms with Crippen LogP contribution in [-0.2, 0) is 9.59 Å². The monoisotopic (exact) mass is 323 g/mol. The molecule has 1 aromatic heterocycles. The first-order valence-corrected chi connectivity index (χ1v) is 8.79. The Morgan fingerprint density at radius 2 is 1.95 bits per heavy atom. The summed E-state index contributed by atoms with van der Waals surface area (Å²) in [4.78, 5) is 28.0. The number of hydrogen-bond donors (Lipinski definition) is 2. The number of carbonyl (C=O) groups is 2. The Hall–Kier alpha value is -1.57. The Morgan fingerprint density at radius 3 is 2.59 bits per heavy atom. The van der Waals surface area contributed by atoms with E-state index in [1.165, 1.54) is 17.8 Å². The number of hydrogen-bond acceptors (Lipinski definition) is 5. The molecule has 7 nitrogen and oxygen atoms in total. The van der Waals surface area contributed by atoms with E-state index < -0.39 is 11.8 Å². The number of amides is 2. The number of thioether (sulfide) groups is 1. The maximum absolute atomic E-state index is 12.0. The SMILES string of the molecule is CC(C)n1ncnc1NC(=O)C(=O)NC1C[C@@H]2CSC[C@H]2C1. The molecule has 8 heteroatoms. The van der Waals surface area contributed by atoms with E-state index in [0.717, 1.165) is 12.8 Å². The zero-order valence-corrected chi connectivity index (χ0v) is 13.6. The molecule has 1 aliphatic heterocycles. The Kier molecular flexibility index (Phi) is 4.37. The summed E-state index contributed by atoms with van der Waals surface area (Å²) in [6, 6.07) is 0.185. The molecule has 1 aromatic rings. The molecule has 2 atom stereocenters. The summed E-state index contributed by atoms with van der Waals surface area (Å²) >= 11 is 1.99. The number of anilines is 1. The molecule has 120 valence electrons. The summed E-state index contributed by atoms with van der Waals surface area (Å²) in [7, 11) is 0. The molecule has 2 N–H and O–H groups in total. The van der Waals surface area contributed by atoms with E-state index in [0.29, 0.717) is 17.8 Å². The average Bonchev–Trinajstić information content (AvgIpc) is 3.13. The van der Waals surface area contributed by atoms with E-state index in [1.807, 2.05) is 25.6 Å². The molecular weight excluding hydrogens is 302 g/mol. The quantitative estimate of drug-likeness (QED) is 0.812. The van der Waals surface area contributed by atoms with Gasteiger partial charge in [0.15, 0.2) is 0 Å². The van der Waals surface area contributed by atoms with Gasteiger partial charge in [-0.2, -0.15) is 21.8 Å². The molecule has 2 amide bonds. The predicted octanol–water partition coefficient (Wildman–Crippen LogP) is 1.06. The molecule has 0 bridgehead atoms. The number of rotatable bonds is 3. The summed E-state index contributed by atoms with van der Waals surface area (Å²) in [5, 5.41) is 9.41. The molecule has 1 saturated carbocycles. The van der Waals surface area contributed by atoms with Crippen molar-refractivity contribution in [2.24, 2.45) is 11.8 Å². The fourth-order valence-electron chi connectivity index (χ4n) is 3.24. The molecule has 2 fully saturated rings. The van der Waals surface area contributed by atoms with Crippen molar-refractivity contribution in [3.8, 4) is 0 Å². The molecule has 3 rings (SSSR count). The van der Waals surface area contributed by atoms with E-state index in [9.17, 15) is 9.59 Å². The van der Waals surface area contributed by atoms with Crippen molar-refractivity contribution in [3.63, 3.8) is 0 Å². The van der Waals surface area contributed by atoms with Gasteiger partial charge in [0.1, 0.15) is 6.33 Å². The van der Waals surface area contributed by atoms with Crippen molar-refractivity contribution in [1.82, 2.24) is 20.1 Å². The molecular formula is C14H21N5O2S. The molecule has 1 aliphatic carbocycles. The van der Waals surface area contributed by atoms with Crippen molar-refractivity contribution in [2.45, 2.75) is 38.8 Å². The highest BCUT2D eigenvalue weighted by molar-refractivity contribution is 7.99. The van der Waals surface area contributed by atoms with Crippen LogP contribution < -0.4 is 10.6 Å². The van der Waals surface area contributed by atoms with Crippen LogP contribution in [0.3, 0.4) is 0 Å². The molecule has 0 radical (unpaired) electrons. The Labute approximate surface area is 133 Å². The van der Waals surface area contributed by atoms with E-state index in [2.05, 4.69) is 20.7 Å². The van der Waals surface area contributed by atoms with E-state index >= 15 is 0 Å². The third-order valence-corrected chi connectivity index (χ3v) is 5.66. The number of carbonyl (C=O) groups excluding carboxylic acids is 2. The predicted molar refractivity (Wildman–Crippen MR) is 84.5 cm³/mol. The van der Waals surface area contributed by atoms with Gasteiger partial charge < -0.3 is 5.32 Å².